The van der Waals surface area contributed by atoms with Crippen molar-refractivity contribution in [2.45, 2.75) is 26.8 Å². The first kappa shape index (κ1) is 19.7. The fraction of sp³-hybridized carbons (Fsp3) is 0.238. The van der Waals surface area contributed by atoms with Crippen molar-refractivity contribution >= 4 is 28.8 Å². The first-order valence-electron chi connectivity index (χ1n) is 9.07. The van der Waals surface area contributed by atoms with E-state index in [9.17, 15) is 9.59 Å². The molecular formula is C21H22N4O2S. The van der Waals surface area contributed by atoms with Gasteiger partial charge in [-0.1, -0.05) is 55.5 Å². The van der Waals surface area contributed by atoms with Gasteiger partial charge >= 0.3 is 0 Å². The fourth-order valence-electron chi connectivity index (χ4n) is 2.55. The standard InChI is InChI=1S/C21H22N4O2S/c1-14(2)12-18-24-25-21(28-18)20(27)23-17-10-8-16(9-11-17)19(26)22-13-15-6-4-3-5-7-15/h3-11,14H,12-13H2,1-2H3,(H,22,26)(H,23,27). The summed E-state index contributed by atoms with van der Waals surface area (Å²) in [6.45, 7) is 4.66. The third-order valence-electron chi connectivity index (χ3n) is 3.94. The minimum atomic E-state index is -0.297. The molecule has 2 amide bonds. The van der Waals surface area contributed by atoms with Crippen molar-refractivity contribution in [3.05, 3.63) is 75.7 Å². The molecule has 0 unspecified atom stereocenters. The third-order valence-corrected chi connectivity index (χ3v) is 4.89. The quantitative estimate of drug-likeness (QED) is 0.636. The zero-order valence-corrected chi connectivity index (χ0v) is 16.6. The minimum absolute atomic E-state index is 0.163. The minimum Gasteiger partial charge on any atom is -0.348 e. The molecule has 0 fully saturated rings. The topological polar surface area (TPSA) is 84.0 Å². The Balaban J connectivity index is 1.55. The molecule has 0 aliphatic rings. The molecule has 7 heteroatoms. The van der Waals surface area contributed by atoms with Crippen LogP contribution in [0.3, 0.4) is 0 Å². The zero-order valence-electron chi connectivity index (χ0n) is 15.8. The second kappa shape index (κ2) is 9.23. The molecule has 0 aliphatic carbocycles. The molecule has 28 heavy (non-hydrogen) atoms. The van der Waals surface area contributed by atoms with Crippen molar-refractivity contribution in [3.8, 4) is 0 Å². The fourth-order valence-corrected chi connectivity index (χ4v) is 3.49. The zero-order chi connectivity index (χ0) is 19.9. The Morgan fingerprint density at radius 1 is 0.964 bits per heavy atom. The molecule has 0 radical (unpaired) electrons. The number of aromatic nitrogens is 2. The van der Waals surface area contributed by atoms with E-state index in [1.165, 1.54) is 11.3 Å². The maximum atomic E-state index is 12.3. The molecule has 0 atom stereocenters. The van der Waals surface area contributed by atoms with Crippen molar-refractivity contribution in [2.75, 3.05) is 5.32 Å². The predicted octanol–water partition coefficient (Wildman–Crippen LogP) is 3.92. The van der Waals surface area contributed by atoms with Crippen LogP contribution in [0.25, 0.3) is 0 Å². The average molecular weight is 395 g/mol. The van der Waals surface area contributed by atoms with Crippen LogP contribution in [-0.4, -0.2) is 22.0 Å². The van der Waals surface area contributed by atoms with Gasteiger partial charge in [-0.05, 0) is 35.7 Å². The molecule has 0 bridgehead atoms. The Kier molecular flexibility index (Phi) is 6.49. The van der Waals surface area contributed by atoms with Gasteiger partial charge in [0.15, 0.2) is 0 Å². The first-order chi connectivity index (χ1) is 13.5. The number of carbonyl (C=O) groups is 2. The Labute approximate surface area is 168 Å². The van der Waals surface area contributed by atoms with Crippen molar-refractivity contribution in [1.82, 2.24) is 15.5 Å². The molecule has 2 N–H and O–H groups in total. The lowest BCUT2D eigenvalue weighted by Crippen LogP contribution is -2.22. The monoisotopic (exact) mass is 394 g/mol. The molecule has 0 saturated carbocycles. The molecule has 3 aromatic rings. The third kappa shape index (κ3) is 5.47. The number of rotatable bonds is 7. The SMILES string of the molecule is CC(C)Cc1nnc(C(=O)Nc2ccc(C(=O)NCc3ccccc3)cc2)s1. The lowest BCUT2D eigenvalue weighted by Gasteiger charge is -2.07. The second-order valence-corrected chi connectivity index (χ2v) is 7.86. The predicted molar refractivity (Wildman–Crippen MR) is 110 cm³/mol. The van der Waals surface area contributed by atoms with Crippen LogP contribution in [0.4, 0.5) is 5.69 Å². The highest BCUT2D eigenvalue weighted by Gasteiger charge is 2.14. The van der Waals surface area contributed by atoms with Crippen LogP contribution >= 0.6 is 11.3 Å². The van der Waals surface area contributed by atoms with Gasteiger partial charge in [0.2, 0.25) is 5.01 Å². The molecule has 3 rings (SSSR count). The molecular weight excluding hydrogens is 372 g/mol. The second-order valence-electron chi connectivity index (χ2n) is 6.80. The number of benzene rings is 2. The lowest BCUT2D eigenvalue weighted by atomic mass is 10.1. The van der Waals surface area contributed by atoms with Gasteiger partial charge in [0.05, 0.1) is 0 Å². The highest BCUT2D eigenvalue weighted by Crippen LogP contribution is 2.16. The highest BCUT2D eigenvalue weighted by atomic mass is 32.1. The van der Waals surface area contributed by atoms with Crippen LogP contribution in [0.5, 0.6) is 0 Å². The highest BCUT2D eigenvalue weighted by molar-refractivity contribution is 7.13. The van der Waals surface area contributed by atoms with E-state index in [4.69, 9.17) is 0 Å². The van der Waals surface area contributed by atoms with Crippen LogP contribution in [0.2, 0.25) is 0 Å². The van der Waals surface area contributed by atoms with Crippen molar-refractivity contribution in [2.24, 2.45) is 5.92 Å². The molecule has 6 nitrogen and oxygen atoms in total. The molecule has 1 heterocycles. The number of hydrogen-bond acceptors (Lipinski definition) is 5. The number of nitrogens with zero attached hydrogens (tertiary/aromatic N) is 2. The van der Waals surface area contributed by atoms with Crippen LogP contribution in [0.1, 0.15) is 44.6 Å². The van der Waals surface area contributed by atoms with Gasteiger partial charge in [-0.3, -0.25) is 9.59 Å². The summed E-state index contributed by atoms with van der Waals surface area (Å²) < 4.78 is 0. The summed E-state index contributed by atoms with van der Waals surface area (Å²) in [5.74, 6) is 0.00223. The summed E-state index contributed by atoms with van der Waals surface area (Å²) in [5, 5.41) is 14.9. The van der Waals surface area contributed by atoms with E-state index in [0.29, 0.717) is 28.7 Å². The van der Waals surface area contributed by atoms with E-state index in [1.807, 2.05) is 30.3 Å². The largest absolute Gasteiger partial charge is 0.348 e. The molecule has 1 aromatic heterocycles. The summed E-state index contributed by atoms with van der Waals surface area (Å²) in [7, 11) is 0. The van der Waals surface area contributed by atoms with Crippen molar-refractivity contribution in [3.63, 3.8) is 0 Å². The van der Waals surface area contributed by atoms with Crippen LogP contribution < -0.4 is 10.6 Å². The number of carbonyl (C=O) groups excluding carboxylic acids is 2. The van der Waals surface area contributed by atoms with Gasteiger partial charge < -0.3 is 10.6 Å². The number of hydrogen-bond donors (Lipinski definition) is 2. The van der Waals surface area contributed by atoms with Crippen LogP contribution in [0, 0.1) is 5.92 Å². The summed E-state index contributed by atoms with van der Waals surface area (Å²) in [4.78, 5) is 24.6. The van der Waals surface area contributed by atoms with Crippen LogP contribution in [0.15, 0.2) is 54.6 Å². The molecule has 0 spiro atoms. The molecule has 0 saturated heterocycles. The average Bonchev–Trinajstić information content (AvgIpc) is 3.15. The maximum absolute atomic E-state index is 12.3. The smallest absolute Gasteiger partial charge is 0.286 e. The lowest BCUT2D eigenvalue weighted by molar-refractivity contribution is 0.0950. The van der Waals surface area contributed by atoms with E-state index in [1.54, 1.807) is 24.3 Å². The van der Waals surface area contributed by atoms with Crippen LogP contribution in [-0.2, 0) is 13.0 Å². The van der Waals surface area contributed by atoms with Gasteiger partial charge in [-0.15, -0.1) is 10.2 Å². The van der Waals surface area contributed by atoms with Gasteiger partial charge in [-0.2, -0.15) is 0 Å². The van der Waals surface area contributed by atoms with Gasteiger partial charge in [0.1, 0.15) is 5.01 Å². The number of nitrogens with one attached hydrogen (secondary N) is 2. The van der Waals surface area contributed by atoms with E-state index >= 15 is 0 Å². The summed E-state index contributed by atoms with van der Waals surface area (Å²) in [6.07, 6.45) is 0.803. The Morgan fingerprint density at radius 3 is 2.36 bits per heavy atom. The van der Waals surface area contributed by atoms with E-state index < -0.39 is 0 Å². The summed E-state index contributed by atoms with van der Waals surface area (Å²) >= 11 is 1.30. The molecule has 0 aliphatic heterocycles. The maximum Gasteiger partial charge on any atom is 0.286 e. The molecule has 2 aromatic carbocycles. The molecule has 144 valence electrons. The number of anilines is 1. The Morgan fingerprint density at radius 2 is 1.68 bits per heavy atom. The summed E-state index contributed by atoms with van der Waals surface area (Å²) in [5.41, 5.74) is 2.17. The van der Waals surface area contributed by atoms with E-state index in [2.05, 4.69) is 34.7 Å². The van der Waals surface area contributed by atoms with Gasteiger partial charge in [-0.25, -0.2) is 0 Å². The summed E-state index contributed by atoms with van der Waals surface area (Å²) in [6, 6.07) is 16.5. The first-order valence-corrected chi connectivity index (χ1v) is 9.89. The Hall–Kier alpha value is -3.06. The Bertz CT molecular complexity index is 937. The van der Waals surface area contributed by atoms with E-state index in [0.717, 1.165) is 17.0 Å². The normalized spacial score (nSPS) is 10.7. The van der Waals surface area contributed by atoms with Gasteiger partial charge in [0, 0.05) is 24.2 Å². The van der Waals surface area contributed by atoms with Crippen molar-refractivity contribution in [1.29, 1.82) is 0 Å². The van der Waals surface area contributed by atoms with Crippen molar-refractivity contribution < 1.29 is 9.59 Å². The van der Waals surface area contributed by atoms with E-state index in [-0.39, 0.29) is 11.8 Å². The number of amides is 2. The van der Waals surface area contributed by atoms with Gasteiger partial charge in [0.25, 0.3) is 11.8 Å².